The first-order valence-corrected chi connectivity index (χ1v) is 22.5. The second-order valence-electron chi connectivity index (χ2n) is 11.0. The van der Waals surface area contributed by atoms with Gasteiger partial charge < -0.3 is 8.23 Å². The van der Waals surface area contributed by atoms with E-state index >= 15 is 0 Å². The van der Waals surface area contributed by atoms with Crippen LogP contribution in [0.15, 0.2) is 82.8 Å². The maximum atomic E-state index is 6.73. The molecule has 0 N–H and O–H groups in total. The Hall–Kier alpha value is -2.17. The SMILES string of the molecule is C[Si](C)(CCCN=CC=Cc1ccccc1)O[Si](C)(C)O[Si](C)(C)CCCN=CC=Cc1ccccc1. The van der Waals surface area contributed by atoms with E-state index in [2.05, 4.69) is 85.7 Å². The molecule has 2 rings (SSSR count). The summed E-state index contributed by atoms with van der Waals surface area (Å²) in [6, 6.07) is 22.8. The van der Waals surface area contributed by atoms with Gasteiger partial charge in [0.25, 0.3) is 0 Å². The zero-order chi connectivity index (χ0) is 27.0. The first-order valence-electron chi connectivity index (χ1n) is 13.4. The van der Waals surface area contributed by atoms with Gasteiger partial charge in [-0.25, -0.2) is 0 Å². The van der Waals surface area contributed by atoms with E-state index in [1.165, 1.54) is 11.1 Å². The minimum Gasteiger partial charge on any atom is -0.437 e. The van der Waals surface area contributed by atoms with Crippen molar-refractivity contribution in [3.63, 3.8) is 0 Å². The Bertz CT molecular complexity index is 936. The Morgan fingerprint density at radius 3 is 1.35 bits per heavy atom. The second kappa shape index (κ2) is 15.9. The molecule has 0 aliphatic heterocycles. The van der Waals surface area contributed by atoms with Gasteiger partial charge in [-0.2, -0.15) is 0 Å². The van der Waals surface area contributed by atoms with Gasteiger partial charge in [0.05, 0.1) is 0 Å². The van der Waals surface area contributed by atoms with Gasteiger partial charge >= 0.3 is 8.56 Å². The molecule has 0 aromatic heterocycles. The van der Waals surface area contributed by atoms with Crippen molar-refractivity contribution in [1.29, 1.82) is 0 Å². The lowest BCUT2D eigenvalue weighted by molar-refractivity contribution is 0.387. The Morgan fingerprint density at radius 2 is 0.973 bits per heavy atom. The molecule has 0 radical (unpaired) electrons. The molecule has 0 bridgehead atoms. The Balaban J connectivity index is 1.67. The van der Waals surface area contributed by atoms with Crippen LogP contribution in [0.25, 0.3) is 12.2 Å². The molecule has 2 aromatic rings. The topological polar surface area (TPSA) is 43.2 Å². The quantitative estimate of drug-likeness (QED) is 0.119. The van der Waals surface area contributed by atoms with Crippen LogP contribution in [-0.4, -0.2) is 50.7 Å². The van der Waals surface area contributed by atoms with E-state index in [0.29, 0.717) is 0 Å². The molecule has 0 amide bonds. The molecule has 4 nitrogen and oxygen atoms in total. The molecule has 0 heterocycles. The summed E-state index contributed by atoms with van der Waals surface area (Å²) in [6.45, 7) is 15.4. The van der Waals surface area contributed by atoms with Crippen molar-refractivity contribution in [3.8, 4) is 0 Å². The second-order valence-corrected chi connectivity index (χ2v) is 23.5. The fraction of sp³-hybridized carbons (Fsp3) is 0.400. The summed E-state index contributed by atoms with van der Waals surface area (Å²) in [5.74, 6) is 0. The summed E-state index contributed by atoms with van der Waals surface area (Å²) in [7, 11) is -5.80. The molecule has 2 aromatic carbocycles. The van der Waals surface area contributed by atoms with Gasteiger partial charge in [-0.3, -0.25) is 9.98 Å². The van der Waals surface area contributed by atoms with Crippen LogP contribution in [0.4, 0.5) is 0 Å². The summed E-state index contributed by atoms with van der Waals surface area (Å²) < 4.78 is 13.5. The molecule has 0 saturated heterocycles. The number of nitrogens with zero attached hydrogens (tertiary/aromatic N) is 2. The molecule has 7 heteroatoms. The number of benzene rings is 2. The van der Waals surface area contributed by atoms with Crippen molar-refractivity contribution < 1.29 is 8.23 Å². The molecule has 0 unspecified atom stereocenters. The summed E-state index contributed by atoms with van der Waals surface area (Å²) in [5, 5.41) is 0. The largest absolute Gasteiger partial charge is 0.437 e. The van der Waals surface area contributed by atoms with Crippen molar-refractivity contribution in [2.75, 3.05) is 13.1 Å². The third-order valence-electron chi connectivity index (χ3n) is 5.74. The number of aliphatic imine (C=N–C) groups is 2. The van der Waals surface area contributed by atoms with Crippen molar-refractivity contribution in [2.45, 2.75) is 64.2 Å². The highest BCUT2D eigenvalue weighted by molar-refractivity contribution is 6.87. The Labute approximate surface area is 228 Å². The average Bonchev–Trinajstić information content (AvgIpc) is 2.82. The predicted molar refractivity (Wildman–Crippen MR) is 171 cm³/mol. The zero-order valence-electron chi connectivity index (χ0n) is 23.7. The lowest BCUT2D eigenvalue weighted by Crippen LogP contribution is -2.52. The van der Waals surface area contributed by atoms with Crippen molar-refractivity contribution in [3.05, 3.63) is 83.9 Å². The van der Waals surface area contributed by atoms with Gasteiger partial charge in [0, 0.05) is 25.5 Å². The molecular formula is C30H46N2O2Si3. The fourth-order valence-electron chi connectivity index (χ4n) is 4.35. The molecule has 0 spiro atoms. The van der Waals surface area contributed by atoms with Crippen LogP contribution >= 0.6 is 0 Å². The van der Waals surface area contributed by atoms with E-state index in [1.807, 2.05) is 61.0 Å². The van der Waals surface area contributed by atoms with E-state index in [4.69, 9.17) is 8.23 Å². The summed E-state index contributed by atoms with van der Waals surface area (Å²) in [4.78, 5) is 9.09. The third-order valence-corrected chi connectivity index (χ3v) is 17.2. The third kappa shape index (κ3) is 15.0. The normalized spacial score (nSPS) is 13.6. The molecule has 0 aliphatic carbocycles. The average molecular weight is 551 g/mol. The number of rotatable bonds is 16. The van der Waals surface area contributed by atoms with E-state index in [9.17, 15) is 0 Å². The van der Waals surface area contributed by atoms with Gasteiger partial charge in [0.1, 0.15) is 0 Å². The summed E-state index contributed by atoms with van der Waals surface area (Å²) >= 11 is 0. The fourth-order valence-corrected chi connectivity index (χ4v) is 18.4. The van der Waals surface area contributed by atoms with Crippen LogP contribution in [0, 0.1) is 0 Å². The highest BCUT2D eigenvalue weighted by Gasteiger charge is 2.39. The minimum atomic E-state index is -2.19. The predicted octanol–water partition coefficient (Wildman–Crippen LogP) is 8.48. The van der Waals surface area contributed by atoms with E-state index in [0.717, 1.165) is 38.0 Å². The number of hydrogen-bond acceptors (Lipinski definition) is 4. The Morgan fingerprint density at radius 1 is 0.595 bits per heavy atom. The van der Waals surface area contributed by atoms with Gasteiger partial charge in [-0.15, -0.1) is 0 Å². The van der Waals surface area contributed by atoms with Crippen LogP contribution in [0.5, 0.6) is 0 Å². The van der Waals surface area contributed by atoms with Gasteiger partial charge in [-0.1, -0.05) is 72.8 Å². The maximum absolute atomic E-state index is 6.73. The smallest absolute Gasteiger partial charge is 0.311 e. The van der Waals surface area contributed by atoms with Crippen molar-refractivity contribution in [1.82, 2.24) is 0 Å². The molecule has 0 saturated carbocycles. The highest BCUT2D eigenvalue weighted by Crippen LogP contribution is 2.26. The zero-order valence-corrected chi connectivity index (χ0v) is 26.7. The van der Waals surface area contributed by atoms with Crippen LogP contribution in [0.2, 0.25) is 51.4 Å². The molecular weight excluding hydrogens is 505 g/mol. The van der Waals surface area contributed by atoms with Gasteiger partial charge in [0.15, 0.2) is 16.6 Å². The summed E-state index contributed by atoms with van der Waals surface area (Å²) in [6.07, 6.45) is 14.1. The van der Waals surface area contributed by atoms with Crippen LogP contribution < -0.4 is 0 Å². The first-order chi connectivity index (χ1) is 17.6. The molecule has 0 fully saturated rings. The van der Waals surface area contributed by atoms with E-state index < -0.39 is 25.2 Å². The van der Waals surface area contributed by atoms with E-state index in [1.54, 1.807) is 0 Å². The van der Waals surface area contributed by atoms with Crippen LogP contribution in [0.1, 0.15) is 24.0 Å². The van der Waals surface area contributed by atoms with E-state index in [-0.39, 0.29) is 0 Å². The minimum absolute atomic E-state index is 0.836. The maximum Gasteiger partial charge on any atom is 0.311 e. The lowest BCUT2D eigenvalue weighted by Gasteiger charge is -2.38. The van der Waals surface area contributed by atoms with Crippen LogP contribution in [0.3, 0.4) is 0 Å². The first kappa shape index (κ1) is 31.1. The monoisotopic (exact) mass is 550 g/mol. The number of hydrogen-bond donors (Lipinski definition) is 0. The van der Waals surface area contributed by atoms with Crippen molar-refractivity contribution >= 4 is 49.8 Å². The number of allylic oxidation sites excluding steroid dienone is 2. The molecule has 200 valence electrons. The molecule has 0 atom stereocenters. The van der Waals surface area contributed by atoms with Crippen LogP contribution in [-0.2, 0) is 8.23 Å². The Kier molecular flexibility index (Phi) is 13.4. The molecule has 37 heavy (non-hydrogen) atoms. The lowest BCUT2D eigenvalue weighted by atomic mass is 10.2. The van der Waals surface area contributed by atoms with Gasteiger partial charge in [-0.05, 0) is 87.5 Å². The highest BCUT2D eigenvalue weighted by atomic mass is 28.5. The van der Waals surface area contributed by atoms with Crippen molar-refractivity contribution in [2.24, 2.45) is 9.98 Å². The standard InChI is InChI=1S/C30H46N2O2Si3/c1-35(2,27-15-25-31-23-13-21-29-17-9-7-10-18-29)33-37(5,6)34-36(3,4)28-16-26-32-24-14-22-30-19-11-8-12-20-30/h7-14,17-24H,15-16,25-28H2,1-6H3. The summed E-state index contributed by atoms with van der Waals surface area (Å²) in [5.41, 5.74) is 2.39. The van der Waals surface area contributed by atoms with Gasteiger partial charge in [0.2, 0.25) is 0 Å². The molecule has 0 aliphatic rings.